The summed E-state index contributed by atoms with van der Waals surface area (Å²) in [6, 6.07) is 4.95. The Labute approximate surface area is 133 Å². The largest absolute Gasteiger partial charge is 0.450 e. The highest BCUT2D eigenvalue weighted by Gasteiger charge is 2.18. The molecule has 0 unspecified atom stereocenters. The standard InChI is InChI=1S/C15H10ClF2N3O2/c1-21-6-20-9-4-5-10(13(18)11(9)15(21)22)23-14-7(17)2-3-8(19)12(14)16/h2-6H,19H2,1H3. The average Bonchev–Trinajstić information content (AvgIpc) is 2.53. The van der Waals surface area contributed by atoms with E-state index < -0.39 is 22.9 Å². The lowest BCUT2D eigenvalue weighted by molar-refractivity contribution is 0.417. The summed E-state index contributed by atoms with van der Waals surface area (Å²) in [7, 11) is 1.44. The highest BCUT2D eigenvalue weighted by Crippen LogP contribution is 2.37. The van der Waals surface area contributed by atoms with E-state index in [9.17, 15) is 13.6 Å². The molecule has 0 saturated carbocycles. The lowest BCUT2D eigenvalue weighted by Crippen LogP contribution is -2.18. The zero-order valence-corrected chi connectivity index (χ0v) is 12.6. The van der Waals surface area contributed by atoms with E-state index in [2.05, 4.69) is 4.98 Å². The summed E-state index contributed by atoms with van der Waals surface area (Å²) in [5.74, 6) is -2.52. The third-order valence-corrected chi connectivity index (χ3v) is 3.67. The van der Waals surface area contributed by atoms with Crippen molar-refractivity contribution in [1.29, 1.82) is 0 Å². The number of hydrogen-bond acceptors (Lipinski definition) is 4. The van der Waals surface area contributed by atoms with Crippen LogP contribution in [-0.4, -0.2) is 9.55 Å². The summed E-state index contributed by atoms with van der Waals surface area (Å²) in [4.78, 5) is 16.0. The van der Waals surface area contributed by atoms with Gasteiger partial charge >= 0.3 is 0 Å². The second-order valence-corrected chi connectivity index (χ2v) is 5.19. The first kappa shape index (κ1) is 15.2. The Kier molecular flexibility index (Phi) is 3.65. The molecule has 5 nitrogen and oxygen atoms in total. The number of rotatable bonds is 2. The molecule has 1 heterocycles. The molecule has 0 saturated heterocycles. The molecule has 2 N–H and O–H groups in total. The number of halogens is 3. The molecule has 0 spiro atoms. The van der Waals surface area contributed by atoms with Gasteiger partial charge < -0.3 is 15.0 Å². The van der Waals surface area contributed by atoms with Crippen molar-refractivity contribution in [3.05, 3.63) is 57.6 Å². The number of benzene rings is 2. The average molecular weight is 338 g/mol. The van der Waals surface area contributed by atoms with E-state index in [1.165, 1.54) is 31.6 Å². The lowest BCUT2D eigenvalue weighted by atomic mass is 10.2. The molecule has 118 valence electrons. The summed E-state index contributed by atoms with van der Waals surface area (Å²) < 4.78 is 34.8. The molecule has 1 aromatic heterocycles. The quantitative estimate of drug-likeness (QED) is 0.729. The molecule has 23 heavy (non-hydrogen) atoms. The Balaban J connectivity index is 2.19. The van der Waals surface area contributed by atoms with Crippen molar-refractivity contribution in [2.24, 2.45) is 7.05 Å². The molecule has 8 heteroatoms. The number of ether oxygens (including phenoxy) is 1. The summed E-state index contributed by atoms with van der Waals surface area (Å²) >= 11 is 5.88. The molecule has 3 rings (SSSR count). The Morgan fingerprint density at radius 3 is 2.74 bits per heavy atom. The van der Waals surface area contributed by atoms with Crippen LogP contribution in [0, 0.1) is 11.6 Å². The highest BCUT2D eigenvalue weighted by molar-refractivity contribution is 6.34. The fraction of sp³-hybridized carbons (Fsp3) is 0.0667. The predicted octanol–water partition coefficient (Wildman–Crippen LogP) is 3.24. The molecular formula is C15H10ClF2N3O2. The van der Waals surface area contributed by atoms with Gasteiger partial charge in [0.1, 0.15) is 10.4 Å². The Morgan fingerprint density at radius 2 is 2.00 bits per heavy atom. The second-order valence-electron chi connectivity index (χ2n) is 4.81. The third kappa shape index (κ3) is 2.49. The molecule has 3 aromatic rings. The zero-order valence-electron chi connectivity index (χ0n) is 11.8. The van der Waals surface area contributed by atoms with Crippen LogP contribution in [-0.2, 0) is 7.05 Å². The van der Waals surface area contributed by atoms with Crippen LogP contribution < -0.4 is 16.0 Å². The van der Waals surface area contributed by atoms with Crippen LogP contribution in [0.3, 0.4) is 0 Å². The van der Waals surface area contributed by atoms with Gasteiger partial charge in [-0.05, 0) is 24.3 Å². The number of nitrogens with zero attached hydrogens (tertiary/aromatic N) is 2. The van der Waals surface area contributed by atoms with Gasteiger partial charge in [0, 0.05) is 7.05 Å². The maximum atomic E-state index is 14.6. The smallest absolute Gasteiger partial charge is 0.264 e. The van der Waals surface area contributed by atoms with Gasteiger partial charge in [0.2, 0.25) is 0 Å². The van der Waals surface area contributed by atoms with Crippen molar-refractivity contribution in [3.8, 4) is 11.5 Å². The van der Waals surface area contributed by atoms with Crippen LogP contribution in [0.1, 0.15) is 0 Å². The minimum Gasteiger partial charge on any atom is -0.450 e. The van der Waals surface area contributed by atoms with Crippen LogP contribution >= 0.6 is 11.6 Å². The molecule has 0 bridgehead atoms. The van der Waals surface area contributed by atoms with Crippen LogP contribution in [0.25, 0.3) is 10.9 Å². The number of nitrogens with two attached hydrogens (primary N) is 1. The fourth-order valence-corrected chi connectivity index (χ4v) is 2.26. The van der Waals surface area contributed by atoms with Crippen LogP contribution in [0.2, 0.25) is 5.02 Å². The minimum atomic E-state index is -0.950. The van der Waals surface area contributed by atoms with Crippen LogP contribution in [0.5, 0.6) is 11.5 Å². The number of aryl methyl sites for hydroxylation is 1. The first-order chi connectivity index (χ1) is 10.9. The normalized spacial score (nSPS) is 11.0. The van der Waals surface area contributed by atoms with Crippen molar-refractivity contribution >= 4 is 28.2 Å². The van der Waals surface area contributed by atoms with Crippen LogP contribution in [0.4, 0.5) is 14.5 Å². The maximum Gasteiger partial charge on any atom is 0.264 e. The van der Waals surface area contributed by atoms with E-state index >= 15 is 0 Å². The Morgan fingerprint density at radius 1 is 1.26 bits per heavy atom. The topological polar surface area (TPSA) is 70.1 Å². The van der Waals surface area contributed by atoms with Gasteiger partial charge in [-0.3, -0.25) is 4.79 Å². The molecule has 0 aliphatic heterocycles. The molecule has 0 aliphatic rings. The first-order valence-corrected chi connectivity index (χ1v) is 6.83. The predicted molar refractivity (Wildman–Crippen MR) is 82.8 cm³/mol. The van der Waals surface area contributed by atoms with Crippen LogP contribution in [0.15, 0.2) is 35.4 Å². The molecule has 2 aromatic carbocycles. The molecule has 0 fully saturated rings. The monoisotopic (exact) mass is 337 g/mol. The van der Waals surface area contributed by atoms with E-state index in [0.717, 1.165) is 10.6 Å². The number of hydrogen-bond donors (Lipinski definition) is 1. The van der Waals surface area contributed by atoms with Gasteiger partial charge in [-0.1, -0.05) is 11.6 Å². The fourth-order valence-electron chi connectivity index (χ4n) is 2.07. The van der Waals surface area contributed by atoms with Gasteiger partial charge in [0.15, 0.2) is 23.1 Å². The molecule has 0 aliphatic carbocycles. The van der Waals surface area contributed by atoms with Crippen molar-refractivity contribution < 1.29 is 13.5 Å². The van der Waals surface area contributed by atoms with Crippen molar-refractivity contribution in [2.75, 3.05) is 5.73 Å². The van der Waals surface area contributed by atoms with Crippen molar-refractivity contribution in [3.63, 3.8) is 0 Å². The maximum absolute atomic E-state index is 14.6. The molecule has 0 radical (unpaired) electrons. The Bertz CT molecular complexity index is 989. The Hall–Kier alpha value is -2.67. The van der Waals surface area contributed by atoms with Gasteiger partial charge in [0.05, 0.1) is 17.5 Å². The molecule has 0 atom stereocenters. The summed E-state index contributed by atoms with van der Waals surface area (Å²) in [5, 5.41) is -0.434. The summed E-state index contributed by atoms with van der Waals surface area (Å²) in [6.45, 7) is 0. The summed E-state index contributed by atoms with van der Waals surface area (Å²) in [5.41, 5.74) is 5.24. The first-order valence-electron chi connectivity index (χ1n) is 6.45. The number of anilines is 1. The van der Waals surface area contributed by atoms with Gasteiger partial charge in [-0.15, -0.1) is 0 Å². The third-order valence-electron chi connectivity index (χ3n) is 3.28. The summed E-state index contributed by atoms with van der Waals surface area (Å²) in [6.07, 6.45) is 1.28. The second kappa shape index (κ2) is 5.51. The van der Waals surface area contributed by atoms with E-state index in [4.69, 9.17) is 22.1 Å². The van der Waals surface area contributed by atoms with Gasteiger partial charge in [0.25, 0.3) is 5.56 Å². The van der Waals surface area contributed by atoms with E-state index in [1.807, 2.05) is 0 Å². The van der Waals surface area contributed by atoms with Gasteiger partial charge in [-0.25, -0.2) is 13.8 Å². The van der Waals surface area contributed by atoms with E-state index in [0.29, 0.717) is 0 Å². The number of nitrogen functional groups attached to an aromatic ring is 1. The van der Waals surface area contributed by atoms with Crippen molar-refractivity contribution in [2.45, 2.75) is 0 Å². The highest BCUT2D eigenvalue weighted by atomic mass is 35.5. The number of fused-ring (bicyclic) bond motifs is 1. The van der Waals surface area contributed by atoms with Gasteiger partial charge in [-0.2, -0.15) is 0 Å². The van der Waals surface area contributed by atoms with E-state index in [-0.39, 0.29) is 27.4 Å². The molecule has 0 amide bonds. The number of aromatic nitrogens is 2. The SMILES string of the molecule is Cn1cnc2ccc(Oc3c(F)ccc(N)c3Cl)c(F)c2c1=O. The molecular weight excluding hydrogens is 328 g/mol. The zero-order chi connectivity index (χ0) is 16.7. The van der Waals surface area contributed by atoms with E-state index in [1.54, 1.807) is 0 Å². The minimum absolute atomic E-state index is 0.0850. The lowest BCUT2D eigenvalue weighted by Gasteiger charge is -2.12. The van der Waals surface area contributed by atoms with Crippen molar-refractivity contribution in [1.82, 2.24) is 9.55 Å².